The van der Waals surface area contributed by atoms with Gasteiger partial charge < -0.3 is 30.2 Å². The second kappa shape index (κ2) is 11.5. The van der Waals surface area contributed by atoms with Crippen molar-refractivity contribution in [3.8, 4) is 0 Å². The molecule has 2 aromatic rings. The number of likely N-dealkylation sites (tertiary alicyclic amines) is 1. The average molecular weight is 486 g/mol. The van der Waals surface area contributed by atoms with Gasteiger partial charge in [-0.25, -0.2) is 4.39 Å². The van der Waals surface area contributed by atoms with Crippen LogP contribution in [0.4, 0.5) is 4.39 Å². The highest BCUT2D eigenvalue weighted by Gasteiger charge is 2.28. The Bertz CT molecular complexity index is 1180. The third-order valence-corrected chi connectivity index (χ3v) is 6.41. The monoisotopic (exact) mass is 485 g/mol. The van der Waals surface area contributed by atoms with Crippen molar-refractivity contribution < 1.29 is 19.0 Å². The number of ether oxygens (including phenoxy) is 2. The molecule has 2 aliphatic heterocycles. The Hall–Kier alpha value is -3.21. The Kier molecular flexibility index (Phi) is 8.17. The minimum absolute atomic E-state index is 0.0135. The van der Waals surface area contributed by atoms with Crippen LogP contribution in [0.3, 0.4) is 0 Å². The standard InChI is InChI=1S/C25H32FN5O4/c1-17(10-23-24(13-27)35-9-8-34-23)14-28-19-4-5-30(20(12-19)16-32)6-7-31-22-11-18(26)15-29-21(22)2-3-25(31)33/h2-3,10-11,13,15,19-20,28,32H,1,4-9,12,14,16,27H2/b23-10+,24-13+/t19-,20+/m0/s1. The van der Waals surface area contributed by atoms with E-state index in [2.05, 4.69) is 21.8 Å². The van der Waals surface area contributed by atoms with E-state index in [9.17, 15) is 14.3 Å². The molecule has 10 heteroatoms. The first kappa shape index (κ1) is 24.9. The minimum Gasteiger partial charge on any atom is -0.486 e. The Morgan fingerprint density at radius 2 is 2.11 bits per heavy atom. The van der Waals surface area contributed by atoms with E-state index in [-0.39, 0.29) is 24.2 Å². The van der Waals surface area contributed by atoms with Gasteiger partial charge in [0, 0.05) is 56.6 Å². The number of hydrogen-bond acceptors (Lipinski definition) is 8. The van der Waals surface area contributed by atoms with Crippen LogP contribution in [-0.2, 0) is 16.0 Å². The smallest absolute Gasteiger partial charge is 0.251 e. The van der Waals surface area contributed by atoms with E-state index in [0.29, 0.717) is 55.4 Å². The summed E-state index contributed by atoms with van der Waals surface area (Å²) in [7, 11) is 0. The zero-order valence-corrected chi connectivity index (χ0v) is 19.7. The van der Waals surface area contributed by atoms with Crippen LogP contribution in [0, 0.1) is 5.82 Å². The van der Waals surface area contributed by atoms with Crippen LogP contribution in [0.2, 0.25) is 0 Å². The topological polar surface area (TPSA) is 115 Å². The highest BCUT2D eigenvalue weighted by Crippen LogP contribution is 2.20. The number of aliphatic hydroxyl groups excluding tert-OH is 1. The molecule has 2 aliphatic rings. The number of nitrogens with zero attached hydrogens (tertiary/aromatic N) is 3. The SMILES string of the molecule is C=C(/C=C1/OCCO/C1=C/N)CN[C@H]1CCN(CCn2c(=O)ccc3ncc(F)cc32)[C@@H](CO)C1. The van der Waals surface area contributed by atoms with E-state index in [1.807, 2.05) is 6.08 Å². The first-order chi connectivity index (χ1) is 17.0. The lowest BCUT2D eigenvalue weighted by molar-refractivity contribution is 0.0590. The van der Waals surface area contributed by atoms with Gasteiger partial charge in [-0.05, 0) is 30.6 Å². The Balaban J connectivity index is 1.32. The van der Waals surface area contributed by atoms with Crippen LogP contribution in [-0.4, -0.2) is 71.1 Å². The van der Waals surface area contributed by atoms with Crippen molar-refractivity contribution in [3.63, 3.8) is 0 Å². The molecule has 4 heterocycles. The van der Waals surface area contributed by atoms with Crippen molar-refractivity contribution in [2.75, 3.05) is 39.5 Å². The van der Waals surface area contributed by atoms with Crippen LogP contribution < -0.4 is 16.6 Å². The zero-order chi connectivity index (χ0) is 24.8. The second-order valence-corrected chi connectivity index (χ2v) is 8.75. The Morgan fingerprint density at radius 1 is 1.31 bits per heavy atom. The average Bonchev–Trinajstić information content (AvgIpc) is 2.87. The van der Waals surface area contributed by atoms with Gasteiger partial charge in [0.2, 0.25) is 0 Å². The van der Waals surface area contributed by atoms with Gasteiger partial charge in [0.25, 0.3) is 5.56 Å². The number of pyridine rings is 2. The number of nitrogens with one attached hydrogen (secondary N) is 1. The molecule has 0 unspecified atom stereocenters. The lowest BCUT2D eigenvalue weighted by Gasteiger charge is -2.39. The summed E-state index contributed by atoms with van der Waals surface area (Å²) in [6.07, 6.45) is 5.99. The molecule has 2 saturated heterocycles. The molecule has 0 amide bonds. The quantitative estimate of drug-likeness (QED) is 0.512. The summed E-state index contributed by atoms with van der Waals surface area (Å²) in [5, 5.41) is 13.5. The van der Waals surface area contributed by atoms with Crippen LogP contribution in [0.25, 0.3) is 11.0 Å². The van der Waals surface area contributed by atoms with E-state index >= 15 is 0 Å². The van der Waals surface area contributed by atoms with Crippen molar-refractivity contribution >= 4 is 11.0 Å². The van der Waals surface area contributed by atoms with Crippen LogP contribution in [0.5, 0.6) is 0 Å². The summed E-state index contributed by atoms with van der Waals surface area (Å²) in [5.74, 6) is 0.606. The highest BCUT2D eigenvalue weighted by molar-refractivity contribution is 5.74. The summed E-state index contributed by atoms with van der Waals surface area (Å²) in [4.78, 5) is 18.7. The van der Waals surface area contributed by atoms with Gasteiger partial charge in [-0.3, -0.25) is 14.7 Å². The van der Waals surface area contributed by atoms with Gasteiger partial charge >= 0.3 is 0 Å². The molecule has 0 saturated carbocycles. The number of nitrogens with two attached hydrogens (primary N) is 1. The number of fused-ring (bicyclic) bond motifs is 1. The molecule has 2 aromatic heterocycles. The first-order valence-electron chi connectivity index (χ1n) is 11.8. The van der Waals surface area contributed by atoms with Gasteiger partial charge in [0.15, 0.2) is 11.5 Å². The van der Waals surface area contributed by atoms with E-state index < -0.39 is 5.82 Å². The van der Waals surface area contributed by atoms with Gasteiger partial charge in [-0.15, -0.1) is 0 Å². The maximum absolute atomic E-state index is 13.7. The van der Waals surface area contributed by atoms with Gasteiger partial charge in [-0.2, -0.15) is 0 Å². The zero-order valence-electron chi connectivity index (χ0n) is 19.7. The van der Waals surface area contributed by atoms with E-state index in [4.69, 9.17) is 15.2 Å². The number of hydrogen-bond donors (Lipinski definition) is 3. The number of aliphatic hydroxyl groups is 1. The fraction of sp³-hybridized carbons (Fsp3) is 0.440. The van der Waals surface area contributed by atoms with Crippen LogP contribution >= 0.6 is 0 Å². The van der Waals surface area contributed by atoms with Crippen molar-refractivity contribution in [1.82, 2.24) is 19.8 Å². The predicted octanol–water partition coefficient (Wildman–Crippen LogP) is 1.24. The maximum Gasteiger partial charge on any atom is 0.251 e. The third kappa shape index (κ3) is 6.08. The van der Waals surface area contributed by atoms with Crippen molar-refractivity contribution in [2.24, 2.45) is 5.73 Å². The number of piperidine rings is 1. The van der Waals surface area contributed by atoms with Crippen LogP contribution in [0.1, 0.15) is 12.8 Å². The van der Waals surface area contributed by atoms with Crippen molar-refractivity contribution in [1.29, 1.82) is 0 Å². The molecular weight excluding hydrogens is 453 g/mol. The number of rotatable bonds is 8. The summed E-state index contributed by atoms with van der Waals surface area (Å²) >= 11 is 0. The molecular formula is C25H32FN5O4. The lowest BCUT2D eigenvalue weighted by atomic mass is 9.97. The largest absolute Gasteiger partial charge is 0.486 e. The molecule has 0 radical (unpaired) electrons. The molecule has 0 aromatic carbocycles. The highest BCUT2D eigenvalue weighted by atomic mass is 19.1. The van der Waals surface area contributed by atoms with Gasteiger partial charge in [0.05, 0.1) is 23.8 Å². The second-order valence-electron chi connectivity index (χ2n) is 8.75. The normalized spacial score (nSPS) is 23.4. The van der Waals surface area contributed by atoms with Crippen molar-refractivity contribution in [3.05, 3.63) is 76.5 Å². The summed E-state index contributed by atoms with van der Waals surface area (Å²) in [5.41, 5.74) is 7.27. The summed E-state index contributed by atoms with van der Waals surface area (Å²) in [6.45, 7) is 7.33. The molecule has 2 fully saturated rings. The molecule has 35 heavy (non-hydrogen) atoms. The third-order valence-electron chi connectivity index (χ3n) is 6.41. The van der Waals surface area contributed by atoms with E-state index in [1.54, 1.807) is 10.6 Å². The van der Waals surface area contributed by atoms with Gasteiger partial charge in [-0.1, -0.05) is 6.58 Å². The van der Waals surface area contributed by atoms with E-state index in [1.165, 1.54) is 18.3 Å². The molecule has 4 N–H and O–H groups in total. The Morgan fingerprint density at radius 3 is 2.89 bits per heavy atom. The summed E-state index contributed by atoms with van der Waals surface area (Å²) < 4.78 is 26.4. The summed E-state index contributed by atoms with van der Waals surface area (Å²) in [6, 6.07) is 4.56. The molecule has 0 aliphatic carbocycles. The minimum atomic E-state index is -0.480. The number of aromatic nitrogens is 2. The van der Waals surface area contributed by atoms with Crippen LogP contribution in [0.15, 0.2) is 65.1 Å². The molecule has 9 nitrogen and oxygen atoms in total. The van der Waals surface area contributed by atoms with Gasteiger partial charge in [0.1, 0.15) is 19.0 Å². The number of halogens is 1. The van der Waals surface area contributed by atoms with Crippen molar-refractivity contribution in [2.45, 2.75) is 31.5 Å². The fourth-order valence-electron chi connectivity index (χ4n) is 4.57. The lowest BCUT2D eigenvalue weighted by Crippen LogP contribution is -2.51. The molecule has 188 valence electrons. The fourth-order valence-corrected chi connectivity index (χ4v) is 4.57. The first-order valence-corrected chi connectivity index (χ1v) is 11.8. The molecule has 2 atom stereocenters. The molecule has 0 bridgehead atoms. The predicted molar refractivity (Wildman–Crippen MR) is 131 cm³/mol. The van der Waals surface area contributed by atoms with E-state index in [0.717, 1.165) is 31.2 Å². The molecule has 0 spiro atoms. The maximum atomic E-state index is 13.7. The Labute approximate surface area is 203 Å². The molecule has 4 rings (SSSR count).